The lowest BCUT2D eigenvalue weighted by molar-refractivity contribution is -0.141. The number of hydrogen-bond acceptors (Lipinski definition) is 8. The molecule has 0 bridgehead atoms. The highest BCUT2D eigenvalue weighted by atomic mass is 32.1. The first kappa shape index (κ1) is 29.4. The van der Waals surface area contributed by atoms with Crippen molar-refractivity contribution >= 4 is 36.3 Å². The molecule has 12 heteroatoms. The Morgan fingerprint density at radius 2 is 1.50 bits per heavy atom. The van der Waals surface area contributed by atoms with E-state index in [2.05, 4.69) is 28.6 Å². The van der Waals surface area contributed by atoms with E-state index in [0.717, 1.165) is 5.56 Å². The van der Waals surface area contributed by atoms with Gasteiger partial charge in [0.15, 0.2) is 0 Å². The van der Waals surface area contributed by atoms with E-state index < -0.39 is 54.0 Å². The van der Waals surface area contributed by atoms with E-state index in [1.54, 1.807) is 30.3 Å². The molecule has 34 heavy (non-hydrogen) atoms. The Morgan fingerprint density at radius 3 is 2.03 bits per heavy atom. The van der Waals surface area contributed by atoms with Gasteiger partial charge in [-0.05, 0) is 38.3 Å². The molecule has 9 N–H and O–H groups in total. The number of nitrogens with two attached hydrogens (primary N) is 2. The number of carbonyl (C=O) groups is 4. The van der Waals surface area contributed by atoms with E-state index in [4.69, 9.17) is 11.5 Å². The first-order chi connectivity index (χ1) is 16.1. The van der Waals surface area contributed by atoms with E-state index in [0.29, 0.717) is 19.4 Å². The molecule has 0 saturated heterocycles. The van der Waals surface area contributed by atoms with Gasteiger partial charge in [0.1, 0.15) is 24.2 Å². The lowest BCUT2D eigenvalue weighted by Crippen LogP contribution is -2.58. The third kappa shape index (κ3) is 10.1. The molecule has 1 aromatic carbocycles. The van der Waals surface area contributed by atoms with Crippen molar-refractivity contribution in [3.8, 4) is 0 Å². The number of nitrogens with one attached hydrogen (secondary N) is 3. The number of amides is 3. The SMILES string of the molecule is CC(O)C(N)C(=O)NC(CCCCN)C(=O)NC(Cc1ccccc1)C(=O)NC(CS)C(=O)O. The summed E-state index contributed by atoms with van der Waals surface area (Å²) in [5.41, 5.74) is 11.9. The van der Waals surface area contributed by atoms with Gasteiger partial charge in [-0.25, -0.2) is 4.79 Å². The normalized spacial score (nSPS) is 15.3. The molecule has 0 aromatic heterocycles. The van der Waals surface area contributed by atoms with Crippen LogP contribution in [0.1, 0.15) is 31.7 Å². The Balaban J connectivity index is 3.07. The molecule has 11 nitrogen and oxygen atoms in total. The van der Waals surface area contributed by atoms with Crippen molar-refractivity contribution in [3.05, 3.63) is 35.9 Å². The fourth-order valence-corrected chi connectivity index (χ4v) is 3.29. The third-order valence-electron chi connectivity index (χ3n) is 5.12. The van der Waals surface area contributed by atoms with Gasteiger partial charge in [0.2, 0.25) is 17.7 Å². The molecule has 0 aliphatic heterocycles. The lowest BCUT2D eigenvalue weighted by Gasteiger charge is -2.25. The van der Waals surface area contributed by atoms with Gasteiger partial charge in [-0.3, -0.25) is 14.4 Å². The molecular weight excluding hydrogens is 462 g/mol. The predicted molar refractivity (Wildman–Crippen MR) is 130 cm³/mol. The van der Waals surface area contributed by atoms with Gasteiger partial charge in [-0.1, -0.05) is 30.3 Å². The van der Waals surface area contributed by atoms with E-state index >= 15 is 0 Å². The van der Waals surface area contributed by atoms with Crippen molar-refractivity contribution in [2.24, 2.45) is 11.5 Å². The van der Waals surface area contributed by atoms with Crippen molar-refractivity contribution in [2.45, 2.75) is 62.9 Å². The number of thiol groups is 1. The highest BCUT2D eigenvalue weighted by Crippen LogP contribution is 2.07. The van der Waals surface area contributed by atoms with Crippen molar-refractivity contribution < 1.29 is 29.4 Å². The summed E-state index contributed by atoms with van der Waals surface area (Å²) in [4.78, 5) is 49.6. The molecule has 0 radical (unpaired) electrons. The minimum atomic E-state index is -1.26. The molecule has 0 saturated carbocycles. The van der Waals surface area contributed by atoms with Crippen LogP contribution in [-0.4, -0.2) is 76.5 Å². The number of carboxylic acids is 1. The fraction of sp³-hybridized carbons (Fsp3) is 0.545. The zero-order valence-electron chi connectivity index (χ0n) is 19.1. The summed E-state index contributed by atoms with van der Waals surface area (Å²) in [5.74, 6) is -3.45. The summed E-state index contributed by atoms with van der Waals surface area (Å²) in [7, 11) is 0. The van der Waals surface area contributed by atoms with Gasteiger partial charge < -0.3 is 37.6 Å². The van der Waals surface area contributed by atoms with Crippen LogP contribution in [0.5, 0.6) is 0 Å². The van der Waals surface area contributed by atoms with Crippen LogP contribution in [0.15, 0.2) is 30.3 Å². The second-order valence-electron chi connectivity index (χ2n) is 7.94. The van der Waals surface area contributed by atoms with E-state index in [1.165, 1.54) is 6.92 Å². The Bertz CT molecular complexity index is 810. The Morgan fingerprint density at radius 1 is 0.941 bits per heavy atom. The topological polar surface area (TPSA) is 197 Å². The Labute approximate surface area is 204 Å². The summed E-state index contributed by atoms with van der Waals surface area (Å²) >= 11 is 3.95. The van der Waals surface area contributed by atoms with Gasteiger partial charge in [-0.15, -0.1) is 0 Å². The second kappa shape index (κ2) is 15.3. The van der Waals surface area contributed by atoms with Crippen molar-refractivity contribution in [1.29, 1.82) is 0 Å². The van der Waals surface area contributed by atoms with Crippen molar-refractivity contribution in [2.75, 3.05) is 12.3 Å². The van der Waals surface area contributed by atoms with Gasteiger partial charge in [0.05, 0.1) is 6.10 Å². The number of aliphatic carboxylic acids is 1. The summed E-state index contributed by atoms with van der Waals surface area (Å²) in [6.07, 6.45) is 0.329. The quantitative estimate of drug-likeness (QED) is 0.106. The van der Waals surface area contributed by atoms with Gasteiger partial charge in [-0.2, -0.15) is 12.6 Å². The van der Waals surface area contributed by atoms with Gasteiger partial charge >= 0.3 is 5.97 Å². The first-order valence-corrected chi connectivity index (χ1v) is 11.7. The zero-order valence-corrected chi connectivity index (χ0v) is 20.0. The number of carbonyl (C=O) groups excluding carboxylic acids is 3. The molecule has 190 valence electrons. The molecule has 5 atom stereocenters. The monoisotopic (exact) mass is 497 g/mol. The molecule has 0 spiro atoms. The summed E-state index contributed by atoms with van der Waals surface area (Å²) < 4.78 is 0. The molecule has 1 rings (SSSR count). The molecule has 0 aliphatic rings. The number of aliphatic hydroxyl groups excluding tert-OH is 1. The number of carboxylic acid groups (broad SMARTS) is 1. The summed E-state index contributed by atoms with van der Waals surface area (Å²) in [5, 5.41) is 26.3. The average molecular weight is 498 g/mol. The maximum absolute atomic E-state index is 13.1. The number of unbranched alkanes of at least 4 members (excludes halogenated alkanes) is 1. The average Bonchev–Trinajstić information content (AvgIpc) is 2.80. The third-order valence-corrected chi connectivity index (χ3v) is 5.48. The molecule has 3 amide bonds. The van der Waals surface area contributed by atoms with Crippen LogP contribution in [0.3, 0.4) is 0 Å². The highest BCUT2D eigenvalue weighted by Gasteiger charge is 2.30. The maximum atomic E-state index is 13.1. The first-order valence-electron chi connectivity index (χ1n) is 11.0. The largest absolute Gasteiger partial charge is 0.480 e. The van der Waals surface area contributed by atoms with Crippen molar-refractivity contribution in [1.82, 2.24) is 16.0 Å². The Kier molecular flexibility index (Phi) is 13.2. The van der Waals surface area contributed by atoms with Crippen LogP contribution in [0.25, 0.3) is 0 Å². The van der Waals surface area contributed by atoms with Gasteiger partial charge in [0.25, 0.3) is 0 Å². The molecule has 0 fully saturated rings. The standard InChI is InChI=1S/C22H35N5O6S/c1-13(28)18(24)21(31)25-15(9-5-6-10-23)19(29)26-16(11-14-7-3-2-4-8-14)20(30)27-17(12-34)22(32)33/h2-4,7-8,13,15-18,28,34H,5-6,9-12,23-24H2,1H3,(H,25,31)(H,26,29)(H,27,30)(H,32,33). The molecule has 5 unspecified atom stereocenters. The van der Waals surface area contributed by atoms with Crippen LogP contribution in [0.2, 0.25) is 0 Å². The summed E-state index contributed by atoms with van der Waals surface area (Å²) in [6, 6.07) is 4.25. The van der Waals surface area contributed by atoms with Crippen LogP contribution >= 0.6 is 12.6 Å². The van der Waals surface area contributed by atoms with Crippen molar-refractivity contribution in [3.63, 3.8) is 0 Å². The van der Waals surface area contributed by atoms with Crippen LogP contribution < -0.4 is 27.4 Å². The second-order valence-corrected chi connectivity index (χ2v) is 8.31. The van der Waals surface area contributed by atoms with Crippen LogP contribution in [-0.2, 0) is 25.6 Å². The van der Waals surface area contributed by atoms with E-state index in [9.17, 15) is 29.4 Å². The number of benzene rings is 1. The number of hydrogen-bond donors (Lipinski definition) is 8. The highest BCUT2D eigenvalue weighted by molar-refractivity contribution is 7.80. The van der Waals surface area contributed by atoms with Crippen LogP contribution in [0.4, 0.5) is 0 Å². The van der Waals surface area contributed by atoms with Gasteiger partial charge in [0, 0.05) is 12.2 Å². The number of rotatable bonds is 15. The minimum absolute atomic E-state index is 0.0912. The number of aliphatic hydroxyl groups is 1. The molecule has 0 heterocycles. The van der Waals surface area contributed by atoms with E-state index in [-0.39, 0.29) is 18.6 Å². The molecular formula is C22H35N5O6S. The smallest absolute Gasteiger partial charge is 0.327 e. The van der Waals surface area contributed by atoms with E-state index in [1.807, 2.05) is 0 Å². The minimum Gasteiger partial charge on any atom is -0.480 e. The summed E-state index contributed by atoms with van der Waals surface area (Å²) in [6.45, 7) is 1.75. The van der Waals surface area contributed by atoms with Crippen LogP contribution in [0, 0.1) is 0 Å². The predicted octanol–water partition coefficient (Wildman–Crippen LogP) is -1.46. The Hall–Kier alpha value is -2.67. The zero-order chi connectivity index (χ0) is 25.7. The maximum Gasteiger partial charge on any atom is 0.327 e. The molecule has 1 aromatic rings. The lowest BCUT2D eigenvalue weighted by atomic mass is 10.0. The molecule has 0 aliphatic carbocycles. The fourth-order valence-electron chi connectivity index (χ4n) is 3.04.